The summed E-state index contributed by atoms with van der Waals surface area (Å²) in [4.78, 5) is 14.7. The van der Waals surface area contributed by atoms with E-state index in [2.05, 4.69) is 32.8 Å². The van der Waals surface area contributed by atoms with E-state index in [1.54, 1.807) is 6.20 Å². The van der Waals surface area contributed by atoms with E-state index in [0.717, 1.165) is 51.2 Å². The molecule has 7 nitrogen and oxygen atoms in total. The Kier molecular flexibility index (Phi) is 6.81. The van der Waals surface area contributed by atoms with Crippen LogP contribution in [-0.2, 0) is 0 Å². The molecule has 0 atom stereocenters. The Morgan fingerprint density at radius 3 is 2.76 bits per heavy atom. The summed E-state index contributed by atoms with van der Waals surface area (Å²) in [7, 11) is 0. The zero-order chi connectivity index (χ0) is 17.5. The first-order valence-corrected chi connectivity index (χ1v) is 9.85. The Balaban J connectivity index is 1.32. The third-order valence-electron chi connectivity index (χ3n) is 5.49. The van der Waals surface area contributed by atoms with Crippen LogP contribution in [0, 0.1) is 5.92 Å². The predicted octanol–water partition coefficient (Wildman–Crippen LogP) is 1.44. The van der Waals surface area contributed by atoms with Crippen LogP contribution in [0.4, 0.5) is 0 Å². The van der Waals surface area contributed by atoms with E-state index >= 15 is 0 Å². The molecule has 2 saturated heterocycles. The molecule has 2 N–H and O–H groups in total. The quantitative estimate of drug-likeness (QED) is 0.730. The molecule has 0 aliphatic carbocycles. The summed E-state index contributed by atoms with van der Waals surface area (Å²) in [6, 6.07) is 0.363. The number of unbranched alkanes of at least 4 members (excludes halogenated alkanes) is 1. The van der Waals surface area contributed by atoms with E-state index in [0.29, 0.717) is 18.3 Å². The lowest BCUT2D eigenvalue weighted by Crippen LogP contribution is -2.34. The Morgan fingerprint density at radius 2 is 2.00 bits per heavy atom. The fourth-order valence-electron chi connectivity index (χ4n) is 3.67. The van der Waals surface area contributed by atoms with Gasteiger partial charge in [0.1, 0.15) is 0 Å². The number of nitrogens with one attached hydrogen (secondary N) is 2. The summed E-state index contributed by atoms with van der Waals surface area (Å²) < 4.78 is 1.85. The summed E-state index contributed by atoms with van der Waals surface area (Å²) in [5, 5.41) is 14.5. The third-order valence-corrected chi connectivity index (χ3v) is 5.49. The Morgan fingerprint density at radius 1 is 1.24 bits per heavy atom. The van der Waals surface area contributed by atoms with Crippen molar-refractivity contribution in [3.8, 4) is 0 Å². The summed E-state index contributed by atoms with van der Waals surface area (Å²) in [6.07, 6.45) is 8.67. The molecule has 25 heavy (non-hydrogen) atoms. The van der Waals surface area contributed by atoms with Crippen molar-refractivity contribution in [3.05, 3.63) is 11.9 Å². The Bertz CT molecular complexity index is 531. The molecule has 1 aromatic heterocycles. The summed E-state index contributed by atoms with van der Waals surface area (Å²) in [6.45, 7) is 8.66. The van der Waals surface area contributed by atoms with E-state index in [-0.39, 0.29) is 5.91 Å². The molecule has 140 valence electrons. The number of amides is 1. The topological polar surface area (TPSA) is 75.1 Å². The van der Waals surface area contributed by atoms with Gasteiger partial charge in [-0.25, -0.2) is 4.68 Å². The molecule has 1 amide bonds. The van der Waals surface area contributed by atoms with Gasteiger partial charge in [-0.1, -0.05) is 12.1 Å². The monoisotopic (exact) mass is 348 g/mol. The molecule has 0 radical (unpaired) electrons. The van der Waals surface area contributed by atoms with Crippen LogP contribution in [0.15, 0.2) is 6.20 Å². The number of nitrogens with zero attached hydrogens (tertiary/aromatic N) is 4. The van der Waals surface area contributed by atoms with E-state index < -0.39 is 0 Å². The Labute approximate surface area is 150 Å². The molecule has 3 heterocycles. The maximum absolute atomic E-state index is 12.2. The molecule has 2 aliphatic heterocycles. The van der Waals surface area contributed by atoms with Crippen molar-refractivity contribution in [2.75, 3.05) is 39.3 Å². The minimum Gasteiger partial charge on any atom is -0.351 e. The van der Waals surface area contributed by atoms with Crippen LogP contribution in [-0.4, -0.2) is 65.1 Å². The number of carbonyl (C=O) groups is 1. The molecule has 3 rings (SSSR count). The van der Waals surface area contributed by atoms with Crippen LogP contribution in [0.3, 0.4) is 0 Å². The van der Waals surface area contributed by atoms with Crippen molar-refractivity contribution >= 4 is 5.91 Å². The lowest BCUT2D eigenvalue weighted by Gasteiger charge is -2.30. The second kappa shape index (κ2) is 9.29. The van der Waals surface area contributed by atoms with Crippen molar-refractivity contribution in [3.63, 3.8) is 0 Å². The molecule has 1 aromatic rings. The largest absolute Gasteiger partial charge is 0.351 e. The summed E-state index contributed by atoms with van der Waals surface area (Å²) >= 11 is 0. The van der Waals surface area contributed by atoms with Crippen LogP contribution >= 0.6 is 0 Å². The first-order chi connectivity index (χ1) is 12.2. The fraction of sp³-hybridized carbons (Fsp3) is 0.833. The highest BCUT2D eigenvalue weighted by molar-refractivity contribution is 5.91. The lowest BCUT2D eigenvalue weighted by molar-refractivity contribution is 0.0947. The highest BCUT2D eigenvalue weighted by Gasteiger charge is 2.18. The normalized spacial score (nSPS) is 20.7. The van der Waals surface area contributed by atoms with E-state index in [9.17, 15) is 4.79 Å². The number of likely N-dealkylation sites (tertiary alicyclic amines) is 1. The third kappa shape index (κ3) is 5.51. The number of hydrogen-bond donors (Lipinski definition) is 2. The van der Waals surface area contributed by atoms with Gasteiger partial charge in [-0.05, 0) is 77.2 Å². The van der Waals surface area contributed by atoms with Gasteiger partial charge in [0.25, 0.3) is 5.91 Å². The SMILES string of the molecule is CC1CCN(CCCCNC(=O)c2cn(C3CCNCC3)nn2)CC1. The molecule has 2 aliphatic rings. The molecule has 7 heteroatoms. The molecular weight excluding hydrogens is 316 g/mol. The second-order valence-electron chi connectivity index (χ2n) is 7.55. The van der Waals surface area contributed by atoms with Gasteiger partial charge >= 0.3 is 0 Å². The predicted molar refractivity (Wildman–Crippen MR) is 97.6 cm³/mol. The molecular formula is C18H32N6O. The molecule has 0 saturated carbocycles. The number of carbonyl (C=O) groups excluding carboxylic acids is 1. The maximum atomic E-state index is 12.2. The van der Waals surface area contributed by atoms with Crippen molar-refractivity contribution in [2.24, 2.45) is 5.92 Å². The van der Waals surface area contributed by atoms with Gasteiger partial charge in [-0.2, -0.15) is 0 Å². The highest BCUT2D eigenvalue weighted by atomic mass is 16.2. The average molecular weight is 348 g/mol. The van der Waals surface area contributed by atoms with Crippen molar-refractivity contribution in [2.45, 2.75) is 51.5 Å². The molecule has 0 spiro atoms. The van der Waals surface area contributed by atoms with Crippen LogP contribution in [0.1, 0.15) is 62.0 Å². The van der Waals surface area contributed by atoms with Gasteiger partial charge in [0.15, 0.2) is 5.69 Å². The van der Waals surface area contributed by atoms with E-state index in [1.807, 2.05) is 4.68 Å². The molecule has 0 bridgehead atoms. The van der Waals surface area contributed by atoms with Gasteiger partial charge < -0.3 is 15.5 Å². The Hall–Kier alpha value is -1.47. The highest BCUT2D eigenvalue weighted by Crippen LogP contribution is 2.17. The molecule has 0 aromatic carbocycles. The van der Waals surface area contributed by atoms with Gasteiger partial charge in [-0.15, -0.1) is 5.10 Å². The molecule has 0 unspecified atom stereocenters. The van der Waals surface area contributed by atoms with Crippen molar-refractivity contribution in [1.82, 2.24) is 30.5 Å². The average Bonchev–Trinajstić information content (AvgIpc) is 3.14. The van der Waals surface area contributed by atoms with Crippen LogP contribution in [0.5, 0.6) is 0 Å². The van der Waals surface area contributed by atoms with Crippen molar-refractivity contribution < 1.29 is 4.79 Å². The number of piperidine rings is 2. The maximum Gasteiger partial charge on any atom is 0.273 e. The minimum absolute atomic E-state index is 0.105. The first-order valence-electron chi connectivity index (χ1n) is 9.85. The van der Waals surface area contributed by atoms with Gasteiger partial charge in [-0.3, -0.25) is 4.79 Å². The second-order valence-corrected chi connectivity index (χ2v) is 7.55. The van der Waals surface area contributed by atoms with Crippen LogP contribution in [0.2, 0.25) is 0 Å². The first kappa shape index (κ1) is 18.3. The van der Waals surface area contributed by atoms with Crippen LogP contribution in [0.25, 0.3) is 0 Å². The smallest absolute Gasteiger partial charge is 0.273 e. The number of hydrogen-bond acceptors (Lipinski definition) is 5. The minimum atomic E-state index is -0.105. The lowest BCUT2D eigenvalue weighted by atomic mass is 9.99. The standard InChI is InChI=1S/C18H32N6O/c1-15-6-12-23(13-7-15)11-3-2-8-20-18(25)17-14-24(22-21-17)16-4-9-19-10-5-16/h14-16,19H,2-13H2,1H3,(H,20,25). The summed E-state index contributed by atoms with van der Waals surface area (Å²) in [5.74, 6) is 0.779. The summed E-state index contributed by atoms with van der Waals surface area (Å²) in [5.41, 5.74) is 0.434. The van der Waals surface area contributed by atoms with E-state index in [4.69, 9.17) is 0 Å². The zero-order valence-electron chi connectivity index (χ0n) is 15.4. The number of aromatic nitrogens is 3. The van der Waals surface area contributed by atoms with Crippen LogP contribution < -0.4 is 10.6 Å². The fourth-order valence-corrected chi connectivity index (χ4v) is 3.67. The van der Waals surface area contributed by atoms with Crippen molar-refractivity contribution in [1.29, 1.82) is 0 Å². The van der Waals surface area contributed by atoms with Gasteiger partial charge in [0.2, 0.25) is 0 Å². The van der Waals surface area contributed by atoms with Gasteiger partial charge in [0, 0.05) is 6.54 Å². The van der Waals surface area contributed by atoms with Gasteiger partial charge in [0.05, 0.1) is 12.2 Å². The van der Waals surface area contributed by atoms with E-state index in [1.165, 1.54) is 25.9 Å². The number of rotatable bonds is 7. The molecule has 2 fully saturated rings. The zero-order valence-corrected chi connectivity index (χ0v) is 15.4.